The summed E-state index contributed by atoms with van der Waals surface area (Å²) in [5.74, 6) is 2.39. The first-order valence-electron chi connectivity index (χ1n) is 6.17. The minimum absolute atomic E-state index is 0.202. The van der Waals surface area contributed by atoms with Gasteiger partial charge in [-0.05, 0) is 25.3 Å². The smallest absolute Gasteiger partial charge is 0.159 e. The highest BCUT2D eigenvalue weighted by Gasteiger charge is 2.36. The van der Waals surface area contributed by atoms with Gasteiger partial charge in [0.05, 0.1) is 12.7 Å². The molecule has 1 saturated carbocycles. The molecular weight excluding hydrogens is 220 g/mol. The SMILES string of the molecule is NCC1CC(c2nnc3n2CCOC3)CC1O. The highest BCUT2D eigenvalue weighted by atomic mass is 16.5. The monoisotopic (exact) mass is 238 g/mol. The van der Waals surface area contributed by atoms with Gasteiger partial charge in [-0.2, -0.15) is 0 Å². The van der Waals surface area contributed by atoms with Crippen molar-refractivity contribution >= 4 is 0 Å². The van der Waals surface area contributed by atoms with Gasteiger partial charge >= 0.3 is 0 Å². The lowest BCUT2D eigenvalue weighted by Gasteiger charge is -2.17. The maximum Gasteiger partial charge on any atom is 0.159 e. The van der Waals surface area contributed by atoms with Gasteiger partial charge in [-0.25, -0.2) is 0 Å². The lowest BCUT2D eigenvalue weighted by molar-refractivity contribution is 0.0801. The topological polar surface area (TPSA) is 86.2 Å². The number of rotatable bonds is 2. The molecule has 0 saturated heterocycles. The Hall–Kier alpha value is -0.980. The van der Waals surface area contributed by atoms with Crippen molar-refractivity contribution in [1.29, 1.82) is 0 Å². The summed E-state index contributed by atoms with van der Waals surface area (Å²) in [5, 5.41) is 18.3. The average molecular weight is 238 g/mol. The van der Waals surface area contributed by atoms with E-state index < -0.39 is 0 Å². The van der Waals surface area contributed by atoms with Crippen molar-refractivity contribution in [1.82, 2.24) is 14.8 Å². The van der Waals surface area contributed by atoms with Crippen LogP contribution in [0.2, 0.25) is 0 Å². The van der Waals surface area contributed by atoms with Crippen LogP contribution < -0.4 is 5.73 Å². The van der Waals surface area contributed by atoms with Crippen molar-refractivity contribution in [3.05, 3.63) is 11.6 Å². The number of nitrogens with zero attached hydrogens (tertiary/aromatic N) is 3. The van der Waals surface area contributed by atoms with Crippen LogP contribution in [0.1, 0.15) is 30.4 Å². The van der Waals surface area contributed by atoms with Crippen LogP contribution in [0, 0.1) is 5.92 Å². The van der Waals surface area contributed by atoms with Crippen molar-refractivity contribution in [3.8, 4) is 0 Å². The lowest BCUT2D eigenvalue weighted by Crippen LogP contribution is -2.21. The number of hydrogen-bond donors (Lipinski definition) is 2. The van der Waals surface area contributed by atoms with Crippen LogP contribution in [-0.4, -0.2) is 39.1 Å². The van der Waals surface area contributed by atoms with Gasteiger partial charge in [-0.15, -0.1) is 10.2 Å². The standard InChI is InChI=1S/C11H18N4O2/c12-5-8-3-7(4-9(8)16)11-14-13-10-6-17-2-1-15(10)11/h7-9,16H,1-6,12H2. The second kappa shape index (κ2) is 4.36. The molecule has 2 aliphatic rings. The number of aliphatic hydroxyl groups excluding tert-OH is 1. The number of fused-ring (bicyclic) bond motifs is 1. The van der Waals surface area contributed by atoms with Gasteiger partial charge in [0.2, 0.25) is 0 Å². The van der Waals surface area contributed by atoms with Crippen molar-refractivity contribution in [3.63, 3.8) is 0 Å². The molecule has 3 rings (SSSR count). The fraction of sp³-hybridized carbons (Fsp3) is 0.818. The first-order valence-corrected chi connectivity index (χ1v) is 6.17. The zero-order chi connectivity index (χ0) is 11.8. The van der Waals surface area contributed by atoms with Crippen molar-refractivity contribution in [2.24, 2.45) is 11.7 Å². The van der Waals surface area contributed by atoms with Gasteiger partial charge in [0.1, 0.15) is 12.4 Å². The summed E-state index contributed by atoms with van der Waals surface area (Å²) in [6, 6.07) is 0. The summed E-state index contributed by atoms with van der Waals surface area (Å²) in [5.41, 5.74) is 5.65. The molecule has 0 spiro atoms. The summed E-state index contributed by atoms with van der Waals surface area (Å²) in [6.45, 7) is 2.62. The Morgan fingerprint density at radius 2 is 2.29 bits per heavy atom. The van der Waals surface area contributed by atoms with Crippen LogP contribution in [-0.2, 0) is 17.9 Å². The van der Waals surface area contributed by atoms with E-state index in [-0.39, 0.29) is 17.9 Å². The molecule has 94 valence electrons. The van der Waals surface area contributed by atoms with E-state index in [0.29, 0.717) is 19.8 Å². The van der Waals surface area contributed by atoms with E-state index in [0.717, 1.165) is 31.0 Å². The minimum atomic E-state index is -0.294. The van der Waals surface area contributed by atoms with Gasteiger partial charge in [-0.1, -0.05) is 0 Å². The quantitative estimate of drug-likeness (QED) is 0.733. The third-order valence-electron chi connectivity index (χ3n) is 3.87. The highest BCUT2D eigenvalue weighted by Crippen LogP contribution is 2.37. The molecule has 0 amide bonds. The second-order valence-electron chi connectivity index (χ2n) is 4.91. The van der Waals surface area contributed by atoms with E-state index in [1.54, 1.807) is 0 Å². The van der Waals surface area contributed by atoms with Crippen LogP contribution in [0.15, 0.2) is 0 Å². The lowest BCUT2D eigenvalue weighted by atomic mass is 10.0. The first kappa shape index (κ1) is 11.1. The second-order valence-corrected chi connectivity index (χ2v) is 4.91. The molecule has 1 fully saturated rings. The summed E-state index contributed by atoms with van der Waals surface area (Å²) in [4.78, 5) is 0. The van der Waals surface area contributed by atoms with Crippen molar-refractivity contribution in [2.45, 2.75) is 38.0 Å². The maximum atomic E-state index is 9.90. The molecule has 6 heteroatoms. The van der Waals surface area contributed by atoms with E-state index >= 15 is 0 Å². The number of nitrogens with two attached hydrogens (primary N) is 1. The highest BCUT2D eigenvalue weighted by molar-refractivity contribution is 5.07. The van der Waals surface area contributed by atoms with Gasteiger partial charge in [-0.3, -0.25) is 0 Å². The minimum Gasteiger partial charge on any atom is -0.393 e. The van der Waals surface area contributed by atoms with Crippen molar-refractivity contribution in [2.75, 3.05) is 13.2 Å². The van der Waals surface area contributed by atoms with E-state index in [1.807, 2.05) is 0 Å². The van der Waals surface area contributed by atoms with Crippen LogP contribution in [0.5, 0.6) is 0 Å². The van der Waals surface area contributed by atoms with Crippen LogP contribution in [0.25, 0.3) is 0 Å². The van der Waals surface area contributed by atoms with E-state index in [4.69, 9.17) is 10.5 Å². The molecule has 3 atom stereocenters. The van der Waals surface area contributed by atoms with Gasteiger partial charge < -0.3 is 20.1 Å². The fourth-order valence-electron chi connectivity index (χ4n) is 2.89. The Morgan fingerprint density at radius 3 is 3.06 bits per heavy atom. The predicted molar refractivity (Wildman–Crippen MR) is 60.2 cm³/mol. The molecule has 2 heterocycles. The summed E-state index contributed by atoms with van der Waals surface area (Å²) in [7, 11) is 0. The largest absolute Gasteiger partial charge is 0.393 e. The Kier molecular flexibility index (Phi) is 2.85. The number of ether oxygens (including phenoxy) is 1. The summed E-state index contributed by atoms with van der Waals surface area (Å²) in [6.07, 6.45) is 1.37. The Balaban J connectivity index is 1.83. The number of hydrogen-bond acceptors (Lipinski definition) is 5. The number of aliphatic hydroxyl groups is 1. The van der Waals surface area contributed by atoms with Gasteiger partial charge in [0, 0.05) is 12.5 Å². The molecule has 1 aromatic rings. The molecule has 6 nitrogen and oxygen atoms in total. The molecule has 0 radical (unpaired) electrons. The molecule has 1 aliphatic heterocycles. The molecule has 1 aromatic heterocycles. The Labute approximate surface area is 99.8 Å². The Bertz CT molecular complexity index is 406. The molecule has 3 unspecified atom stereocenters. The van der Waals surface area contributed by atoms with E-state index in [9.17, 15) is 5.11 Å². The molecular formula is C11H18N4O2. The fourth-order valence-corrected chi connectivity index (χ4v) is 2.89. The third-order valence-corrected chi connectivity index (χ3v) is 3.87. The predicted octanol–water partition coefficient (Wildman–Crippen LogP) is -0.379. The van der Waals surface area contributed by atoms with Crippen LogP contribution >= 0.6 is 0 Å². The molecule has 0 bridgehead atoms. The molecule has 3 N–H and O–H groups in total. The first-order chi connectivity index (χ1) is 8.29. The van der Waals surface area contributed by atoms with Crippen LogP contribution in [0.3, 0.4) is 0 Å². The Morgan fingerprint density at radius 1 is 1.41 bits per heavy atom. The maximum absolute atomic E-state index is 9.90. The molecule has 17 heavy (non-hydrogen) atoms. The summed E-state index contributed by atoms with van der Waals surface area (Å²) >= 11 is 0. The average Bonchev–Trinajstić information content (AvgIpc) is 2.92. The third kappa shape index (κ3) is 1.86. The van der Waals surface area contributed by atoms with E-state index in [1.165, 1.54) is 0 Å². The normalized spacial score (nSPS) is 32.7. The zero-order valence-corrected chi connectivity index (χ0v) is 9.75. The van der Waals surface area contributed by atoms with Crippen molar-refractivity contribution < 1.29 is 9.84 Å². The van der Waals surface area contributed by atoms with Gasteiger partial charge in [0.15, 0.2) is 5.82 Å². The van der Waals surface area contributed by atoms with E-state index in [2.05, 4.69) is 14.8 Å². The zero-order valence-electron chi connectivity index (χ0n) is 9.75. The molecule has 0 aromatic carbocycles. The van der Waals surface area contributed by atoms with Gasteiger partial charge in [0.25, 0.3) is 0 Å². The summed E-state index contributed by atoms with van der Waals surface area (Å²) < 4.78 is 7.48. The van der Waals surface area contributed by atoms with Crippen LogP contribution in [0.4, 0.5) is 0 Å². The number of aromatic nitrogens is 3. The molecule has 1 aliphatic carbocycles.